The van der Waals surface area contributed by atoms with Crippen LogP contribution in [0.5, 0.6) is 0 Å². The number of alkyl halides is 2. The highest BCUT2D eigenvalue weighted by atomic mass is 35.5. The monoisotopic (exact) mass is 297 g/mol. The summed E-state index contributed by atoms with van der Waals surface area (Å²) in [7, 11) is 0. The maximum Gasteiger partial charge on any atom is 0.120 e. The fraction of sp³-hybridized carbons (Fsp3) is 0.357. The van der Waals surface area contributed by atoms with E-state index in [0.717, 1.165) is 17.0 Å². The Morgan fingerprint density at radius 1 is 1.33 bits per heavy atom. The van der Waals surface area contributed by atoms with Crippen LogP contribution >= 0.6 is 35.0 Å². The van der Waals surface area contributed by atoms with E-state index in [0.29, 0.717) is 0 Å². The predicted octanol–water partition coefficient (Wildman–Crippen LogP) is 4.67. The molecule has 1 aromatic heterocycles. The van der Waals surface area contributed by atoms with E-state index in [1.807, 2.05) is 0 Å². The number of aromatic nitrogens is 1. The number of rotatable bonds is 1. The Morgan fingerprint density at radius 3 is 2.83 bits per heavy atom. The Bertz CT molecular complexity index is 625. The molecule has 3 rings (SSSR count). The zero-order valence-electron chi connectivity index (χ0n) is 10.2. The number of thioether (sulfide) groups is 1. The van der Waals surface area contributed by atoms with E-state index in [1.54, 1.807) is 11.8 Å². The predicted molar refractivity (Wildman–Crippen MR) is 80.1 cm³/mol. The van der Waals surface area contributed by atoms with Gasteiger partial charge in [-0.1, -0.05) is 30.0 Å². The van der Waals surface area contributed by atoms with Crippen molar-refractivity contribution in [2.75, 3.05) is 0 Å². The molecule has 2 aromatic rings. The molecule has 0 N–H and O–H groups in total. The summed E-state index contributed by atoms with van der Waals surface area (Å²) in [4.78, 5) is 4.45. The van der Waals surface area contributed by atoms with Gasteiger partial charge in [0.2, 0.25) is 0 Å². The summed E-state index contributed by atoms with van der Waals surface area (Å²) in [6, 6.07) is 6.33. The second kappa shape index (κ2) is 4.59. The van der Waals surface area contributed by atoms with Crippen molar-refractivity contribution >= 4 is 45.9 Å². The van der Waals surface area contributed by atoms with Crippen LogP contribution in [-0.2, 0) is 6.42 Å². The van der Waals surface area contributed by atoms with Crippen molar-refractivity contribution in [3.05, 3.63) is 34.9 Å². The van der Waals surface area contributed by atoms with E-state index < -0.39 is 0 Å². The Hall–Kier alpha value is -0.440. The number of hydrogen-bond donors (Lipinski definition) is 0. The number of nitrogens with zero attached hydrogens (tertiary/aromatic N) is 1. The molecule has 0 saturated heterocycles. The quantitative estimate of drug-likeness (QED) is 0.709. The largest absolute Gasteiger partial charge is 0.241 e. The Morgan fingerprint density at radius 2 is 2.11 bits per heavy atom. The molecule has 1 atom stereocenters. The highest BCUT2D eigenvalue weighted by Gasteiger charge is 2.30. The van der Waals surface area contributed by atoms with Crippen molar-refractivity contribution in [2.45, 2.75) is 35.4 Å². The van der Waals surface area contributed by atoms with Gasteiger partial charge in [0, 0.05) is 10.6 Å². The van der Waals surface area contributed by atoms with Gasteiger partial charge in [-0.15, -0.1) is 23.2 Å². The summed E-state index contributed by atoms with van der Waals surface area (Å²) in [6.45, 7) is 4.27. The van der Waals surface area contributed by atoms with Gasteiger partial charge in [0.25, 0.3) is 0 Å². The summed E-state index contributed by atoms with van der Waals surface area (Å²) >= 11 is 13.7. The lowest BCUT2D eigenvalue weighted by Gasteiger charge is -2.09. The molecule has 0 radical (unpaired) electrons. The molecule has 0 bridgehead atoms. The minimum absolute atomic E-state index is 0.228. The van der Waals surface area contributed by atoms with Crippen molar-refractivity contribution in [1.29, 1.82) is 0 Å². The molecule has 0 aliphatic carbocycles. The summed E-state index contributed by atoms with van der Waals surface area (Å²) < 4.78 is 0. The molecule has 4 heteroatoms. The third-order valence-electron chi connectivity index (χ3n) is 3.52. The Kier molecular flexibility index (Phi) is 3.21. The first-order valence-electron chi connectivity index (χ1n) is 5.91. The fourth-order valence-corrected chi connectivity index (χ4v) is 4.12. The zero-order valence-corrected chi connectivity index (χ0v) is 12.5. The van der Waals surface area contributed by atoms with Gasteiger partial charge in [0.1, 0.15) is 9.86 Å². The Balaban J connectivity index is 2.21. The van der Waals surface area contributed by atoms with Crippen LogP contribution in [0.25, 0.3) is 10.9 Å². The molecule has 18 heavy (non-hydrogen) atoms. The van der Waals surface area contributed by atoms with Gasteiger partial charge in [-0.25, -0.2) is 4.98 Å². The molecule has 0 unspecified atom stereocenters. The van der Waals surface area contributed by atoms with Crippen LogP contribution < -0.4 is 0 Å². The molecule has 0 spiro atoms. The molecular formula is C14H13Cl2NS. The van der Waals surface area contributed by atoms with Gasteiger partial charge >= 0.3 is 0 Å². The van der Waals surface area contributed by atoms with Crippen molar-refractivity contribution in [1.82, 2.24) is 4.98 Å². The number of para-hydroxylation sites is 1. The molecule has 1 aliphatic rings. The first-order chi connectivity index (χ1) is 8.58. The van der Waals surface area contributed by atoms with Gasteiger partial charge in [-0.2, -0.15) is 0 Å². The van der Waals surface area contributed by atoms with Crippen LogP contribution in [0.2, 0.25) is 0 Å². The van der Waals surface area contributed by atoms with Crippen molar-refractivity contribution in [3.63, 3.8) is 0 Å². The van der Waals surface area contributed by atoms with Crippen molar-refractivity contribution in [2.24, 2.45) is 0 Å². The van der Waals surface area contributed by atoms with Gasteiger partial charge < -0.3 is 0 Å². The van der Waals surface area contributed by atoms with E-state index in [1.165, 1.54) is 22.1 Å². The van der Waals surface area contributed by atoms with E-state index in [4.69, 9.17) is 28.2 Å². The third kappa shape index (κ3) is 1.91. The normalized spacial score (nSPS) is 18.6. The van der Waals surface area contributed by atoms with E-state index in [-0.39, 0.29) is 10.1 Å². The molecule has 1 nitrogen and oxygen atoms in total. The van der Waals surface area contributed by atoms with Crippen LogP contribution in [0, 0.1) is 13.8 Å². The molecule has 1 aromatic carbocycles. The van der Waals surface area contributed by atoms with Gasteiger partial charge in [-0.3, -0.25) is 0 Å². The number of halogens is 2. The van der Waals surface area contributed by atoms with Crippen LogP contribution in [0.3, 0.4) is 0 Å². The second-order valence-electron chi connectivity index (χ2n) is 4.69. The lowest BCUT2D eigenvalue weighted by molar-refractivity contribution is 0.914. The summed E-state index contributed by atoms with van der Waals surface area (Å²) in [5.41, 5.74) is 4.95. The lowest BCUT2D eigenvalue weighted by Crippen LogP contribution is -2.10. The number of pyridine rings is 1. The SMILES string of the molecule is Cc1c2c(nc3c(C)cccc13)S[C@@H](C(Cl)Cl)C2. The minimum atomic E-state index is -0.340. The van der Waals surface area contributed by atoms with Gasteiger partial charge in [-0.05, 0) is 37.0 Å². The third-order valence-corrected chi connectivity index (χ3v) is 5.72. The number of benzene rings is 1. The summed E-state index contributed by atoms with van der Waals surface area (Å²) in [6.07, 6.45) is 0.917. The number of fused-ring (bicyclic) bond motifs is 2. The molecular weight excluding hydrogens is 285 g/mol. The first kappa shape index (κ1) is 12.6. The molecule has 0 amide bonds. The molecule has 2 heterocycles. The zero-order chi connectivity index (χ0) is 12.9. The van der Waals surface area contributed by atoms with Crippen LogP contribution in [0.4, 0.5) is 0 Å². The molecule has 0 fully saturated rings. The van der Waals surface area contributed by atoms with Gasteiger partial charge in [0.05, 0.1) is 5.52 Å². The van der Waals surface area contributed by atoms with Crippen LogP contribution in [0.15, 0.2) is 23.2 Å². The average molecular weight is 298 g/mol. The summed E-state index contributed by atoms with van der Waals surface area (Å²) in [5.74, 6) is 0. The van der Waals surface area contributed by atoms with E-state index in [2.05, 4.69) is 32.0 Å². The highest BCUT2D eigenvalue weighted by Crippen LogP contribution is 2.43. The highest BCUT2D eigenvalue weighted by molar-refractivity contribution is 8.00. The lowest BCUT2D eigenvalue weighted by atomic mass is 10.0. The van der Waals surface area contributed by atoms with E-state index in [9.17, 15) is 0 Å². The maximum atomic E-state index is 6.01. The molecule has 0 saturated carbocycles. The fourth-order valence-electron chi connectivity index (χ4n) is 2.47. The van der Waals surface area contributed by atoms with Crippen LogP contribution in [0.1, 0.15) is 16.7 Å². The first-order valence-corrected chi connectivity index (χ1v) is 7.67. The molecule has 94 valence electrons. The van der Waals surface area contributed by atoms with Crippen molar-refractivity contribution in [3.8, 4) is 0 Å². The van der Waals surface area contributed by atoms with Crippen LogP contribution in [-0.4, -0.2) is 15.1 Å². The minimum Gasteiger partial charge on any atom is -0.241 e. The van der Waals surface area contributed by atoms with E-state index >= 15 is 0 Å². The van der Waals surface area contributed by atoms with Gasteiger partial charge in [0.15, 0.2) is 0 Å². The maximum absolute atomic E-state index is 6.01. The summed E-state index contributed by atoms with van der Waals surface area (Å²) in [5, 5.41) is 2.58. The number of hydrogen-bond acceptors (Lipinski definition) is 2. The smallest absolute Gasteiger partial charge is 0.120 e. The standard InChI is InChI=1S/C14H13Cl2NS/c1-7-4-3-5-9-8(2)10-6-11(13(15)16)18-14(10)17-12(7)9/h3-5,11,13H,6H2,1-2H3/t11-/m1/s1. The topological polar surface area (TPSA) is 12.9 Å². The molecule has 1 aliphatic heterocycles. The second-order valence-corrected chi connectivity index (χ2v) is 7.08. The number of aryl methyl sites for hydroxylation is 2. The Labute approximate surface area is 121 Å². The van der Waals surface area contributed by atoms with Crippen molar-refractivity contribution < 1.29 is 0 Å². The average Bonchev–Trinajstić information content (AvgIpc) is 2.75.